The van der Waals surface area contributed by atoms with Gasteiger partial charge in [0.2, 0.25) is 0 Å². The summed E-state index contributed by atoms with van der Waals surface area (Å²) < 4.78 is 0. The molecule has 2 amide bonds. The molecule has 1 aromatic heterocycles. The molecule has 0 atom stereocenters. The van der Waals surface area contributed by atoms with E-state index in [0.29, 0.717) is 11.3 Å². The summed E-state index contributed by atoms with van der Waals surface area (Å²) in [6.07, 6.45) is 3.00. The fourth-order valence-electron chi connectivity index (χ4n) is 3.16. The Kier molecular flexibility index (Phi) is 6.56. The molecule has 150 valence electrons. The van der Waals surface area contributed by atoms with E-state index in [9.17, 15) is 14.9 Å². The van der Waals surface area contributed by atoms with Gasteiger partial charge in [0.15, 0.2) is 0 Å². The van der Waals surface area contributed by atoms with Crippen LogP contribution in [-0.4, -0.2) is 16.8 Å². The Morgan fingerprint density at radius 3 is 2.30 bits per heavy atom. The number of hydrogen-bond acceptors (Lipinski definition) is 4. The number of amides is 2. The number of nitriles is 1. The van der Waals surface area contributed by atoms with Crippen molar-refractivity contribution in [2.75, 3.05) is 10.6 Å². The summed E-state index contributed by atoms with van der Waals surface area (Å²) in [5.41, 5.74) is 4.09. The molecule has 0 aliphatic rings. The summed E-state index contributed by atoms with van der Waals surface area (Å²) in [5, 5.41) is 14.8. The molecule has 30 heavy (non-hydrogen) atoms. The molecule has 3 aromatic rings. The fraction of sp³-hybridized carbons (Fsp3) is 0.167. The van der Waals surface area contributed by atoms with Crippen molar-refractivity contribution in [3.05, 3.63) is 88.7 Å². The van der Waals surface area contributed by atoms with Crippen LogP contribution in [0.15, 0.2) is 60.8 Å². The molecule has 2 N–H and O–H groups in total. The number of anilines is 2. The zero-order chi connectivity index (χ0) is 21.5. The van der Waals surface area contributed by atoms with Gasteiger partial charge in [-0.2, -0.15) is 5.26 Å². The smallest absolute Gasteiger partial charge is 0.274 e. The van der Waals surface area contributed by atoms with Gasteiger partial charge in [0.1, 0.15) is 11.8 Å². The second kappa shape index (κ2) is 9.48. The van der Waals surface area contributed by atoms with Crippen molar-refractivity contribution < 1.29 is 9.59 Å². The fourth-order valence-corrected chi connectivity index (χ4v) is 3.16. The van der Waals surface area contributed by atoms with E-state index in [1.807, 2.05) is 38.1 Å². The van der Waals surface area contributed by atoms with Gasteiger partial charge in [-0.15, -0.1) is 0 Å². The molecular weight excluding hydrogens is 376 g/mol. The number of para-hydroxylation sites is 2. The maximum Gasteiger partial charge on any atom is 0.274 e. The van der Waals surface area contributed by atoms with Crippen LogP contribution in [0.2, 0.25) is 0 Å². The predicted molar refractivity (Wildman–Crippen MR) is 116 cm³/mol. The number of nitrogens with one attached hydrogen (secondary N) is 2. The average molecular weight is 398 g/mol. The second-order valence-electron chi connectivity index (χ2n) is 6.65. The number of rotatable bonds is 6. The third-order valence-electron chi connectivity index (χ3n) is 4.79. The number of carbonyl (C=O) groups excluding carboxylic acids is 2. The van der Waals surface area contributed by atoms with Crippen molar-refractivity contribution >= 4 is 23.2 Å². The van der Waals surface area contributed by atoms with Crippen LogP contribution in [0.3, 0.4) is 0 Å². The predicted octanol–water partition coefficient (Wildman–Crippen LogP) is 4.58. The van der Waals surface area contributed by atoms with Crippen LogP contribution in [0.1, 0.15) is 51.4 Å². The molecule has 0 radical (unpaired) electrons. The lowest BCUT2D eigenvalue weighted by Gasteiger charge is -2.14. The molecule has 0 aliphatic heterocycles. The first-order valence-corrected chi connectivity index (χ1v) is 9.76. The molecule has 0 bridgehead atoms. The minimum Gasteiger partial charge on any atom is -0.321 e. The van der Waals surface area contributed by atoms with E-state index < -0.39 is 5.91 Å². The van der Waals surface area contributed by atoms with Crippen LogP contribution in [0.5, 0.6) is 0 Å². The average Bonchev–Trinajstić information content (AvgIpc) is 2.79. The SMILES string of the molecule is CCc1cccc(CC)c1NC(=O)c1cc(C(=O)Nc2ccccc2C#N)ccn1. The molecule has 6 nitrogen and oxygen atoms in total. The third kappa shape index (κ3) is 4.53. The highest BCUT2D eigenvalue weighted by Gasteiger charge is 2.16. The summed E-state index contributed by atoms with van der Waals surface area (Å²) in [4.78, 5) is 29.6. The minimum absolute atomic E-state index is 0.143. The summed E-state index contributed by atoms with van der Waals surface area (Å²) in [7, 11) is 0. The van der Waals surface area contributed by atoms with Crippen LogP contribution in [0.4, 0.5) is 11.4 Å². The number of aryl methyl sites for hydroxylation is 2. The Hall–Kier alpha value is -3.98. The van der Waals surface area contributed by atoms with Gasteiger partial charge in [0.25, 0.3) is 11.8 Å². The van der Waals surface area contributed by atoms with Crippen molar-refractivity contribution in [3.8, 4) is 6.07 Å². The molecule has 0 fully saturated rings. The standard InChI is InChI=1S/C24H22N4O2/c1-3-16-9-7-10-17(4-2)22(16)28-24(30)21-14-18(12-13-26-21)23(29)27-20-11-6-5-8-19(20)15-25/h5-14H,3-4H2,1-2H3,(H,27,29)(H,28,30). The van der Waals surface area contributed by atoms with Gasteiger partial charge >= 0.3 is 0 Å². The van der Waals surface area contributed by atoms with Crippen LogP contribution < -0.4 is 10.6 Å². The van der Waals surface area contributed by atoms with Gasteiger partial charge < -0.3 is 10.6 Å². The quantitative estimate of drug-likeness (QED) is 0.635. The molecule has 0 spiro atoms. The highest BCUT2D eigenvalue weighted by atomic mass is 16.2. The van der Waals surface area contributed by atoms with Crippen LogP contribution in [0, 0.1) is 11.3 Å². The van der Waals surface area contributed by atoms with Gasteiger partial charge in [-0.3, -0.25) is 14.6 Å². The van der Waals surface area contributed by atoms with Gasteiger partial charge in [0.05, 0.1) is 11.3 Å². The summed E-state index contributed by atoms with van der Waals surface area (Å²) in [5.74, 6) is -0.796. The van der Waals surface area contributed by atoms with E-state index in [4.69, 9.17) is 0 Å². The number of carbonyl (C=O) groups is 2. The van der Waals surface area contributed by atoms with Crippen molar-refractivity contribution in [1.82, 2.24) is 4.98 Å². The zero-order valence-corrected chi connectivity index (χ0v) is 16.9. The van der Waals surface area contributed by atoms with Gasteiger partial charge in [-0.25, -0.2) is 0 Å². The highest BCUT2D eigenvalue weighted by Crippen LogP contribution is 2.23. The van der Waals surface area contributed by atoms with Gasteiger partial charge in [0, 0.05) is 17.4 Å². The Bertz CT molecular complexity index is 1110. The second-order valence-corrected chi connectivity index (χ2v) is 6.65. The van der Waals surface area contributed by atoms with Crippen LogP contribution in [-0.2, 0) is 12.8 Å². The first-order chi connectivity index (χ1) is 14.6. The topological polar surface area (TPSA) is 94.9 Å². The molecule has 0 saturated heterocycles. The van der Waals surface area contributed by atoms with Gasteiger partial charge in [-0.1, -0.05) is 44.2 Å². The lowest BCUT2D eigenvalue weighted by atomic mass is 10.0. The summed E-state index contributed by atoms with van der Waals surface area (Å²) in [6.45, 7) is 4.07. The Morgan fingerprint density at radius 2 is 1.63 bits per heavy atom. The molecule has 0 aliphatic carbocycles. The Morgan fingerprint density at radius 1 is 0.933 bits per heavy atom. The largest absolute Gasteiger partial charge is 0.321 e. The molecule has 6 heteroatoms. The Labute approximate surface area is 175 Å². The maximum absolute atomic E-state index is 12.8. The van der Waals surface area contributed by atoms with E-state index in [2.05, 4.69) is 15.6 Å². The molecule has 1 heterocycles. The van der Waals surface area contributed by atoms with Crippen molar-refractivity contribution in [2.45, 2.75) is 26.7 Å². The van der Waals surface area contributed by atoms with E-state index in [0.717, 1.165) is 29.7 Å². The monoisotopic (exact) mass is 398 g/mol. The van der Waals surface area contributed by atoms with Crippen molar-refractivity contribution in [1.29, 1.82) is 5.26 Å². The molecular formula is C24H22N4O2. The number of aromatic nitrogens is 1. The van der Waals surface area contributed by atoms with E-state index in [-0.39, 0.29) is 17.2 Å². The normalized spacial score (nSPS) is 10.2. The minimum atomic E-state index is -0.419. The van der Waals surface area contributed by atoms with E-state index >= 15 is 0 Å². The lowest BCUT2D eigenvalue weighted by Crippen LogP contribution is -2.18. The number of pyridine rings is 1. The zero-order valence-electron chi connectivity index (χ0n) is 16.9. The maximum atomic E-state index is 12.8. The number of hydrogen-bond donors (Lipinski definition) is 2. The molecule has 3 rings (SSSR count). The first-order valence-electron chi connectivity index (χ1n) is 9.76. The van der Waals surface area contributed by atoms with Crippen LogP contribution in [0.25, 0.3) is 0 Å². The lowest BCUT2D eigenvalue weighted by molar-refractivity contribution is 0.102. The van der Waals surface area contributed by atoms with E-state index in [1.54, 1.807) is 24.3 Å². The number of benzene rings is 2. The highest BCUT2D eigenvalue weighted by molar-refractivity contribution is 6.08. The van der Waals surface area contributed by atoms with Crippen LogP contribution >= 0.6 is 0 Å². The summed E-state index contributed by atoms with van der Waals surface area (Å²) >= 11 is 0. The third-order valence-corrected chi connectivity index (χ3v) is 4.79. The first kappa shape index (κ1) is 20.7. The van der Waals surface area contributed by atoms with Crippen molar-refractivity contribution in [3.63, 3.8) is 0 Å². The van der Waals surface area contributed by atoms with Gasteiger partial charge in [-0.05, 0) is 48.2 Å². The molecule has 0 unspecified atom stereocenters. The molecule has 2 aromatic carbocycles. The Balaban J connectivity index is 1.83. The number of nitrogens with zero attached hydrogens (tertiary/aromatic N) is 2. The van der Waals surface area contributed by atoms with Crippen molar-refractivity contribution in [2.24, 2.45) is 0 Å². The summed E-state index contributed by atoms with van der Waals surface area (Å²) in [6, 6.07) is 17.7. The van der Waals surface area contributed by atoms with E-state index in [1.165, 1.54) is 18.3 Å². The molecule has 0 saturated carbocycles.